The Morgan fingerprint density at radius 2 is 2.30 bits per heavy atom. The lowest BCUT2D eigenvalue weighted by Crippen LogP contribution is -2.04. The molecule has 0 aliphatic rings. The first-order valence-electron chi connectivity index (χ1n) is 6.02. The van der Waals surface area contributed by atoms with Gasteiger partial charge in [-0.1, -0.05) is 23.7 Å². The summed E-state index contributed by atoms with van der Waals surface area (Å²) < 4.78 is 1.44. The first-order chi connectivity index (χ1) is 9.51. The Kier molecular flexibility index (Phi) is 4.31. The van der Waals surface area contributed by atoms with Crippen LogP contribution in [0.3, 0.4) is 0 Å². The first kappa shape index (κ1) is 14.4. The number of aliphatic hydroxyl groups is 1. The van der Waals surface area contributed by atoms with Crippen molar-refractivity contribution in [1.82, 2.24) is 15.0 Å². The average molecular weight is 297 g/mol. The molecular formula is C12H13ClN4O3. The number of halogens is 1. The van der Waals surface area contributed by atoms with Gasteiger partial charge in [0.1, 0.15) is 5.69 Å². The third-order valence-electron chi connectivity index (χ3n) is 2.86. The van der Waals surface area contributed by atoms with Crippen LogP contribution in [-0.4, -0.2) is 25.0 Å². The lowest BCUT2D eigenvalue weighted by Gasteiger charge is -2.04. The fourth-order valence-electron chi connectivity index (χ4n) is 1.79. The van der Waals surface area contributed by atoms with E-state index in [1.165, 1.54) is 22.9 Å². The molecule has 0 saturated carbocycles. The topological polar surface area (TPSA) is 94.1 Å². The van der Waals surface area contributed by atoms with Crippen LogP contribution >= 0.6 is 11.6 Å². The summed E-state index contributed by atoms with van der Waals surface area (Å²) in [5.74, 6) is 0. The van der Waals surface area contributed by atoms with E-state index in [-0.39, 0.29) is 12.2 Å². The molecule has 7 nitrogen and oxygen atoms in total. The van der Waals surface area contributed by atoms with E-state index in [0.29, 0.717) is 22.7 Å². The molecule has 1 heterocycles. The van der Waals surface area contributed by atoms with Gasteiger partial charge in [-0.25, -0.2) is 4.68 Å². The predicted molar refractivity (Wildman–Crippen MR) is 72.5 cm³/mol. The monoisotopic (exact) mass is 296 g/mol. The van der Waals surface area contributed by atoms with Crippen LogP contribution in [0.25, 0.3) is 0 Å². The Morgan fingerprint density at radius 3 is 2.95 bits per heavy atom. The van der Waals surface area contributed by atoms with Gasteiger partial charge in [0.15, 0.2) is 0 Å². The second kappa shape index (κ2) is 5.98. The van der Waals surface area contributed by atoms with Crippen molar-refractivity contribution in [2.45, 2.75) is 26.0 Å². The molecule has 2 rings (SSSR count). The molecule has 106 valence electrons. The molecule has 20 heavy (non-hydrogen) atoms. The molecule has 1 aromatic heterocycles. The molecule has 0 radical (unpaired) electrons. The molecule has 2 aromatic rings. The number of nitrogens with zero attached hydrogens (tertiary/aromatic N) is 4. The number of aliphatic hydroxyl groups excluding tert-OH is 1. The maximum Gasteiger partial charge on any atom is 0.274 e. The lowest BCUT2D eigenvalue weighted by atomic mass is 10.2. The molecule has 1 unspecified atom stereocenters. The molecule has 0 bridgehead atoms. The van der Waals surface area contributed by atoms with Crippen LogP contribution in [-0.2, 0) is 6.54 Å². The highest BCUT2D eigenvalue weighted by atomic mass is 35.5. The van der Waals surface area contributed by atoms with Gasteiger partial charge in [-0.15, -0.1) is 5.10 Å². The van der Waals surface area contributed by atoms with Gasteiger partial charge in [-0.05, 0) is 18.6 Å². The minimum atomic E-state index is -0.682. The zero-order chi connectivity index (χ0) is 14.7. The van der Waals surface area contributed by atoms with Crippen LogP contribution < -0.4 is 0 Å². The van der Waals surface area contributed by atoms with Crippen molar-refractivity contribution in [2.75, 3.05) is 0 Å². The van der Waals surface area contributed by atoms with Crippen molar-refractivity contribution in [3.63, 3.8) is 0 Å². The highest BCUT2D eigenvalue weighted by Gasteiger charge is 2.16. The standard InChI is InChI=1S/C12H13ClN4O3/c1-2-12(18)10-7-16(15-14-10)6-8-5-9(13)3-4-11(8)17(19)20/h3-5,7,12,18H,2,6H2,1H3. The Morgan fingerprint density at radius 1 is 1.55 bits per heavy atom. The van der Waals surface area contributed by atoms with Crippen LogP contribution in [0.5, 0.6) is 0 Å². The molecule has 0 amide bonds. The summed E-state index contributed by atoms with van der Waals surface area (Å²) in [7, 11) is 0. The second-order valence-electron chi connectivity index (χ2n) is 4.30. The Balaban J connectivity index is 2.27. The molecule has 8 heteroatoms. The van der Waals surface area contributed by atoms with Gasteiger partial charge in [-0.2, -0.15) is 0 Å². The first-order valence-corrected chi connectivity index (χ1v) is 6.40. The number of hydrogen-bond donors (Lipinski definition) is 1. The van der Waals surface area contributed by atoms with Gasteiger partial charge < -0.3 is 5.11 Å². The summed E-state index contributed by atoms with van der Waals surface area (Å²) in [6.45, 7) is 1.99. The average Bonchev–Trinajstić information content (AvgIpc) is 2.86. The largest absolute Gasteiger partial charge is 0.387 e. The molecule has 0 spiro atoms. The Hall–Kier alpha value is -1.99. The summed E-state index contributed by atoms with van der Waals surface area (Å²) in [4.78, 5) is 10.5. The fraction of sp³-hybridized carbons (Fsp3) is 0.333. The van der Waals surface area contributed by atoms with E-state index in [1.54, 1.807) is 6.20 Å². The van der Waals surface area contributed by atoms with Gasteiger partial charge in [0, 0.05) is 11.1 Å². The molecule has 1 atom stereocenters. The summed E-state index contributed by atoms with van der Waals surface area (Å²) in [5, 5.41) is 28.7. The highest BCUT2D eigenvalue weighted by Crippen LogP contribution is 2.23. The van der Waals surface area contributed by atoms with E-state index in [2.05, 4.69) is 10.3 Å². The maximum atomic E-state index is 11.0. The Bertz CT molecular complexity index is 629. The van der Waals surface area contributed by atoms with Crippen LogP contribution in [0.15, 0.2) is 24.4 Å². The van der Waals surface area contributed by atoms with Crippen molar-refractivity contribution in [2.24, 2.45) is 0 Å². The molecule has 0 aliphatic carbocycles. The molecule has 0 saturated heterocycles. The predicted octanol–water partition coefficient (Wildman–Crippen LogP) is 2.33. The summed E-state index contributed by atoms with van der Waals surface area (Å²) in [6.07, 6.45) is 1.41. The zero-order valence-corrected chi connectivity index (χ0v) is 11.5. The van der Waals surface area contributed by atoms with Gasteiger partial charge >= 0.3 is 0 Å². The van der Waals surface area contributed by atoms with Gasteiger partial charge in [0.05, 0.1) is 29.3 Å². The highest BCUT2D eigenvalue weighted by molar-refractivity contribution is 6.30. The number of aromatic nitrogens is 3. The van der Waals surface area contributed by atoms with Crippen LogP contribution in [0.4, 0.5) is 5.69 Å². The quantitative estimate of drug-likeness (QED) is 0.675. The zero-order valence-electron chi connectivity index (χ0n) is 10.7. The van der Waals surface area contributed by atoms with Gasteiger partial charge in [-0.3, -0.25) is 10.1 Å². The van der Waals surface area contributed by atoms with E-state index in [0.717, 1.165) is 0 Å². The minimum Gasteiger partial charge on any atom is -0.387 e. The maximum absolute atomic E-state index is 11.0. The third-order valence-corrected chi connectivity index (χ3v) is 3.09. The van der Waals surface area contributed by atoms with Crippen LogP contribution in [0, 0.1) is 10.1 Å². The van der Waals surface area contributed by atoms with Gasteiger partial charge in [0.2, 0.25) is 0 Å². The van der Waals surface area contributed by atoms with Crippen molar-refractivity contribution >= 4 is 17.3 Å². The lowest BCUT2D eigenvalue weighted by molar-refractivity contribution is -0.385. The normalized spacial score (nSPS) is 12.3. The number of hydrogen-bond acceptors (Lipinski definition) is 5. The van der Waals surface area contributed by atoms with Crippen molar-refractivity contribution in [1.29, 1.82) is 0 Å². The summed E-state index contributed by atoms with van der Waals surface area (Å²) in [5.41, 5.74) is 0.851. The number of rotatable bonds is 5. The van der Waals surface area contributed by atoms with E-state index in [4.69, 9.17) is 11.6 Å². The fourth-order valence-corrected chi connectivity index (χ4v) is 1.98. The van der Waals surface area contributed by atoms with Crippen molar-refractivity contribution in [3.8, 4) is 0 Å². The smallest absolute Gasteiger partial charge is 0.274 e. The third kappa shape index (κ3) is 3.12. The SMILES string of the molecule is CCC(O)c1cn(Cc2cc(Cl)ccc2[N+](=O)[O-])nn1. The van der Waals surface area contributed by atoms with E-state index < -0.39 is 11.0 Å². The molecular weight excluding hydrogens is 284 g/mol. The summed E-state index contributed by atoms with van der Waals surface area (Å²) in [6, 6.07) is 4.35. The number of nitro groups is 1. The molecule has 0 aliphatic heterocycles. The van der Waals surface area contributed by atoms with Crippen molar-refractivity contribution < 1.29 is 10.0 Å². The van der Waals surface area contributed by atoms with Crippen LogP contribution in [0.2, 0.25) is 5.02 Å². The summed E-state index contributed by atoms with van der Waals surface area (Å²) >= 11 is 5.86. The number of nitro benzene ring substituents is 1. The van der Waals surface area contributed by atoms with Gasteiger partial charge in [0.25, 0.3) is 5.69 Å². The molecule has 1 N–H and O–H groups in total. The van der Waals surface area contributed by atoms with E-state index in [1.807, 2.05) is 6.92 Å². The second-order valence-corrected chi connectivity index (χ2v) is 4.73. The number of benzene rings is 1. The Labute approximate surface area is 119 Å². The van der Waals surface area contributed by atoms with Crippen LogP contribution in [0.1, 0.15) is 30.7 Å². The minimum absolute atomic E-state index is 0.0255. The molecule has 1 aromatic carbocycles. The van der Waals surface area contributed by atoms with E-state index in [9.17, 15) is 15.2 Å². The van der Waals surface area contributed by atoms with E-state index >= 15 is 0 Å². The molecule has 0 fully saturated rings. The van der Waals surface area contributed by atoms with Crippen molar-refractivity contribution in [3.05, 3.63) is 50.8 Å².